The molecular weight excluding hydrogens is 218 g/mol. The fourth-order valence-corrected chi connectivity index (χ4v) is 1.91. The molecule has 3 rings (SSSR count). The van der Waals surface area contributed by atoms with E-state index in [0.717, 1.165) is 11.9 Å². The molecule has 5 nitrogen and oxygen atoms in total. The topological polar surface area (TPSA) is 55.3 Å². The van der Waals surface area contributed by atoms with E-state index in [-0.39, 0.29) is 5.91 Å². The summed E-state index contributed by atoms with van der Waals surface area (Å²) in [7, 11) is 0. The number of hydrogen-bond donors (Lipinski definition) is 0. The number of carbonyl (C=O) groups is 1. The number of aromatic nitrogens is 2. The normalized spacial score (nSPS) is 15.4. The highest BCUT2D eigenvalue weighted by atomic mass is 16.7. The van der Waals surface area contributed by atoms with E-state index in [0.29, 0.717) is 24.2 Å². The lowest BCUT2D eigenvalue weighted by Gasteiger charge is -2.14. The van der Waals surface area contributed by atoms with Gasteiger partial charge in [-0.15, -0.1) is 0 Å². The van der Waals surface area contributed by atoms with Crippen molar-refractivity contribution in [3.05, 3.63) is 36.2 Å². The Bertz CT molecular complexity index is 559. The smallest absolute Gasteiger partial charge is 0.271 e. The van der Waals surface area contributed by atoms with E-state index in [1.807, 2.05) is 6.07 Å². The highest BCUT2D eigenvalue weighted by molar-refractivity contribution is 6.04. The number of nitrogens with zero attached hydrogens (tertiary/aromatic N) is 3. The second-order valence-corrected chi connectivity index (χ2v) is 3.82. The van der Waals surface area contributed by atoms with Gasteiger partial charge < -0.3 is 0 Å². The molecule has 1 aliphatic heterocycles. The largest absolute Gasteiger partial charge is 0.279 e. The summed E-state index contributed by atoms with van der Waals surface area (Å²) in [6.07, 6.45) is 4.08. The Balaban J connectivity index is 2.07. The van der Waals surface area contributed by atoms with Crippen LogP contribution in [0, 0.1) is 0 Å². The van der Waals surface area contributed by atoms with Gasteiger partial charge in [-0.25, -0.2) is 5.06 Å². The summed E-state index contributed by atoms with van der Waals surface area (Å²) in [5.74, 6) is -0.145. The zero-order chi connectivity index (χ0) is 11.7. The fourth-order valence-electron chi connectivity index (χ4n) is 1.91. The SMILES string of the molecule is O=C(c1cccc2nccnc12)N1CCCO1. The summed E-state index contributed by atoms with van der Waals surface area (Å²) >= 11 is 0. The third kappa shape index (κ3) is 1.74. The highest BCUT2D eigenvalue weighted by Gasteiger charge is 2.22. The Morgan fingerprint density at radius 3 is 3.00 bits per heavy atom. The first-order valence-electron chi connectivity index (χ1n) is 5.51. The minimum atomic E-state index is -0.145. The molecule has 1 saturated heterocycles. The Kier molecular flexibility index (Phi) is 2.45. The molecule has 0 saturated carbocycles. The lowest BCUT2D eigenvalue weighted by molar-refractivity contribution is -0.0767. The molecule has 0 unspecified atom stereocenters. The van der Waals surface area contributed by atoms with Gasteiger partial charge in [-0.3, -0.25) is 19.6 Å². The van der Waals surface area contributed by atoms with E-state index in [9.17, 15) is 4.79 Å². The van der Waals surface area contributed by atoms with Crippen LogP contribution in [0.2, 0.25) is 0 Å². The van der Waals surface area contributed by atoms with Crippen molar-refractivity contribution in [1.82, 2.24) is 15.0 Å². The summed E-state index contributed by atoms with van der Waals surface area (Å²) < 4.78 is 0. The van der Waals surface area contributed by atoms with Crippen molar-refractivity contribution in [3.63, 3.8) is 0 Å². The van der Waals surface area contributed by atoms with Crippen LogP contribution in [0.4, 0.5) is 0 Å². The minimum absolute atomic E-state index is 0.145. The molecule has 5 heteroatoms. The third-order valence-electron chi connectivity index (χ3n) is 2.71. The van der Waals surface area contributed by atoms with Crippen LogP contribution < -0.4 is 0 Å². The van der Waals surface area contributed by atoms with E-state index in [1.165, 1.54) is 5.06 Å². The van der Waals surface area contributed by atoms with Crippen molar-refractivity contribution in [3.8, 4) is 0 Å². The number of fused-ring (bicyclic) bond motifs is 1. The predicted molar refractivity (Wildman–Crippen MR) is 61.1 cm³/mol. The van der Waals surface area contributed by atoms with E-state index < -0.39 is 0 Å². The van der Waals surface area contributed by atoms with Gasteiger partial charge >= 0.3 is 0 Å². The van der Waals surface area contributed by atoms with E-state index in [2.05, 4.69) is 9.97 Å². The molecule has 0 spiro atoms. The molecule has 1 aromatic carbocycles. The monoisotopic (exact) mass is 229 g/mol. The lowest BCUT2D eigenvalue weighted by atomic mass is 10.1. The molecule has 0 N–H and O–H groups in total. The maximum atomic E-state index is 12.2. The summed E-state index contributed by atoms with van der Waals surface area (Å²) in [5, 5.41) is 1.39. The third-order valence-corrected chi connectivity index (χ3v) is 2.71. The molecule has 86 valence electrons. The van der Waals surface area contributed by atoms with Gasteiger partial charge in [0, 0.05) is 12.4 Å². The van der Waals surface area contributed by atoms with Crippen LogP contribution in [0.15, 0.2) is 30.6 Å². The molecule has 1 fully saturated rings. The molecule has 17 heavy (non-hydrogen) atoms. The Morgan fingerprint density at radius 1 is 1.29 bits per heavy atom. The molecule has 1 aliphatic rings. The summed E-state index contributed by atoms with van der Waals surface area (Å²) in [6.45, 7) is 1.23. The maximum absolute atomic E-state index is 12.2. The molecule has 0 aliphatic carbocycles. The quantitative estimate of drug-likeness (QED) is 0.741. The van der Waals surface area contributed by atoms with Crippen molar-refractivity contribution < 1.29 is 9.63 Å². The van der Waals surface area contributed by atoms with Crippen molar-refractivity contribution in [2.24, 2.45) is 0 Å². The first-order chi connectivity index (χ1) is 8.36. The minimum Gasteiger partial charge on any atom is -0.271 e. The predicted octanol–water partition coefficient (Wildman–Crippen LogP) is 1.41. The van der Waals surface area contributed by atoms with Crippen LogP contribution in [0.25, 0.3) is 11.0 Å². The molecule has 2 aromatic rings. The second-order valence-electron chi connectivity index (χ2n) is 3.82. The molecule has 1 amide bonds. The van der Waals surface area contributed by atoms with Crippen LogP contribution >= 0.6 is 0 Å². The van der Waals surface area contributed by atoms with E-state index in [1.54, 1.807) is 24.5 Å². The van der Waals surface area contributed by atoms with Crippen molar-refractivity contribution >= 4 is 16.9 Å². The van der Waals surface area contributed by atoms with Crippen LogP contribution in [0.3, 0.4) is 0 Å². The van der Waals surface area contributed by atoms with Gasteiger partial charge in [-0.05, 0) is 18.6 Å². The second kappa shape index (κ2) is 4.10. The number of para-hydroxylation sites is 1. The van der Waals surface area contributed by atoms with Crippen LogP contribution in [-0.2, 0) is 4.84 Å². The molecule has 0 atom stereocenters. The zero-order valence-corrected chi connectivity index (χ0v) is 9.17. The number of hydrogen-bond acceptors (Lipinski definition) is 4. The van der Waals surface area contributed by atoms with Gasteiger partial charge in [0.2, 0.25) is 0 Å². The number of amides is 1. The van der Waals surface area contributed by atoms with Crippen LogP contribution in [0.5, 0.6) is 0 Å². The fraction of sp³-hybridized carbons (Fsp3) is 0.250. The Hall–Kier alpha value is -2.01. The van der Waals surface area contributed by atoms with Crippen molar-refractivity contribution in [2.75, 3.05) is 13.2 Å². The van der Waals surface area contributed by atoms with E-state index >= 15 is 0 Å². The first kappa shape index (κ1) is 10.2. The van der Waals surface area contributed by atoms with Crippen molar-refractivity contribution in [1.29, 1.82) is 0 Å². The van der Waals surface area contributed by atoms with Gasteiger partial charge in [0.25, 0.3) is 5.91 Å². The first-order valence-corrected chi connectivity index (χ1v) is 5.51. The number of rotatable bonds is 1. The number of hydroxylamine groups is 2. The van der Waals surface area contributed by atoms with Gasteiger partial charge in [0.15, 0.2) is 0 Å². The summed E-state index contributed by atoms with van der Waals surface area (Å²) in [4.78, 5) is 25.8. The van der Waals surface area contributed by atoms with Gasteiger partial charge in [-0.1, -0.05) is 6.07 Å². The zero-order valence-electron chi connectivity index (χ0n) is 9.17. The summed E-state index contributed by atoms with van der Waals surface area (Å²) in [6, 6.07) is 5.39. The average molecular weight is 229 g/mol. The Labute approximate surface area is 98.0 Å². The Morgan fingerprint density at radius 2 is 2.18 bits per heavy atom. The molecule has 2 heterocycles. The van der Waals surface area contributed by atoms with Gasteiger partial charge in [-0.2, -0.15) is 0 Å². The maximum Gasteiger partial charge on any atom is 0.279 e. The molecule has 0 bridgehead atoms. The molecule has 0 radical (unpaired) electrons. The lowest BCUT2D eigenvalue weighted by Crippen LogP contribution is -2.26. The number of benzene rings is 1. The van der Waals surface area contributed by atoms with Crippen LogP contribution in [-0.4, -0.2) is 34.1 Å². The van der Waals surface area contributed by atoms with Gasteiger partial charge in [0.1, 0.15) is 5.52 Å². The molecular formula is C12H11N3O2. The van der Waals surface area contributed by atoms with Crippen LogP contribution in [0.1, 0.15) is 16.8 Å². The van der Waals surface area contributed by atoms with Gasteiger partial charge in [0.05, 0.1) is 24.2 Å². The number of carbonyl (C=O) groups excluding carboxylic acids is 1. The highest BCUT2D eigenvalue weighted by Crippen LogP contribution is 2.17. The molecule has 1 aromatic heterocycles. The average Bonchev–Trinajstić information content (AvgIpc) is 2.91. The standard InChI is InChI=1S/C12H11N3O2/c16-12(15-7-2-8-17-15)9-3-1-4-10-11(9)14-6-5-13-10/h1,3-6H,2,7-8H2. The van der Waals surface area contributed by atoms with Crippen molar-refractivity contribution in [2.45, 2.75) is 6.42 Å². The van der Waals surface area contributed by atoms with E-state index in [4.69, 9.17) is 4.84 Å². The summed E-state index contributed by atoms with van der Waals surface area (Å²) in [5.41, 5.74) is 1.88.